The molecule has 0 saturated carbocycles. The molecule has 17 heavy (non-hydrogen) atoms. The maximum Gasteiger partial charge on any atom is 0.107 e. The fraction of sp³-hybridized carbons (Fsp3) is 0.308. The predicted molar refractivity (Wildman–Crippen MR) is 70.2 cm³/mol. The number of rotatable bonds is 5. The molecular weight excluding hydrogens is 234 g/mol. The highest BCUT2D eigenvalue weighted by molar-refractivity contribution is 6.31. The molecule has 2 aromatic rings. The SMILES string of the molecule is Cc1ccc(CNCCc2ncc[nH]2)cc1Cl. The topological polar surface area (TPSA) is 40.7 Å². The molecule has 2 N–H and O–H groups in total. The number of halogens is 1. The lowest BCUT2D eigenvalue weighted by molar-refractivity contribution is 0.674. The predicted octanol–water partition coefficient (Wildman–Crippen LogP) is 2.70. The van der Waals surface area contributed by atoms with Gasteiger partial charge in [-0.05, 0) is 24.1 Å². The lowest BCUT2D eigenvalue weighted by Gasteiger charge is -2.05. The van der Waals surface area contributed by atoms with Gasteiger partial charge < -0.3 is 10.3 Å². The van der Waals surface area contributed by atoms with E-state index in [2.05, 4.69) is 21.4 Å². The van der Waals surface area contributed by atoms with Crippen molar-refractivity contribution in [2.75, 3.05) is 6.54 Å². The minimum Gasteiger partial charge on any atom is -0.349 e. The van der Waals surface area contributed by atoms with Crippen LogP contribution < -0.4 is 5.32 Å². The van der Waals surface area contributed by atoms with Crippen molar-refractivity contribution in [3.05, 3.63) is 52.6 Å². The van der Waals surface area contributed by atoms with Crippen LogP contribution in [0.4, 0.5) is 0 Å². The van der Waals surface area contributed by atoms with E-state index in [0.29, 0.717) is 0 Å². The maximum atomic E-state index is 6.07. The molecule has 0 aliphatic heterocycles. The van der Waals surface area contributed by atoms with Crippen molar-refractivity contribution in [2.24, 2.45) is 0 Å². The summed E-state index contributed by atoms with van der Waals surface area (Å²) in [5, 5.41) is 4.20. The van der Waals surface area contributed by atoms with Gasteiger partial charge in [-0.2, -0.15) is 0 Å². The molecule has 0 atom stereocenters. The average Bonchev–Trinajstić information content (AvgIpc) is 2.82. The number of aryl methyl sites for hydroxylation is 1. The zero-order valence-corrected chi connectivity index (χ0v) is 10.6. The van der Waals surface area contributed by atoms with Crippen LogP contribution in [0.2, 0.25) is 5.02 Å². The summed E-state index contributed by atoms with van der Waals surface area (Å²) in [6.45, 7) is 3.75. The highest BCUT2D eigenvalue weighted by Gasteiger charge is 1.98. The fourth-order valence-electron chi connectivity index (χ4n) is 1.62. The number of aromatic nitrogens is 2. The van der Waals surface area contributed by atoms with E-state index in [4.69, 9.17) is 11.6 Å². The summed E-state index contributed by atoms with van der Waals surface area (Å²) in [5.74, 6) is 1.01. The van der Waals surface area contributed by atoms with Gasteiger partial charge in [-0.25, -0.2) is 4.98 Å². The standard InChI is InChI=1S/C13H16ClN3/c1-10-2-3-11(8-12(10)14)9-15-5-4-13-16-6-7-17-13/h2-3,6-8,15H,4-5,9H2,1H3,(H,16,17). The van der Waals surface area contributed by atoms with Crippen molar-refractivity contribution < 1.29 is 0 Å². The number of imidazole rings is 1. The molecule has 0 aliphatic rings. The monoisotopic (exact) mass is 249 g/mol. The van der Waals surface area contributed by atoms with Gasteiger partial charge >= 0.3 is 0 Å². The van der Waals surface area contributed by atoms with E-state index in [1.807, 2.05) is 25.3 Å². The highest BCUT2D eigenvalue weighted by Crippen LogP contribution is 2.16. The Kier molecular flexibility index (Phi) is 4.18. The number of H-pyrrole nitrogens is 1. The quantitative estimate of drug-likeness (QED) is 0.800. The molecule has 90 valence electrons. The third-order valence-electron chi connectivity index (χ3n) is 2.66. The molecule has 0 radical (unpaired) electrons. The Morgan fingerprint density at radius 1 is 1.41 bits per heavy atom. The lowest BCUT2D eigenvalue weighted by Crippen LogP contribution is -2.17. The summed E-state index contributed by atoms with van der Waals surface area (Å²) in [5.41, 5.74) is 2.33. The first-order chi connectivity index (χ1) is 8.25. The van der Waals surface area contributed by atoms with E-state index in [-0.39, 0.29) is 0 Å². The first-order valence-electron chi connectivity index (χ1n) is 5.70. The Labute approximate surface area is 106 Å². The smallest absolute Gasteiger partial charge is 0.107 e. The summed E-state index contributed by atoms with van der Waals surface area (Å²) in [7, 11) is 0. The first-order valence-corrected chi connectivity index (χ1v) is 6.07. The Bertz CT molecular complexity index is 466. The maximum absolute atomic E-state index is 6.07. The Morgan fingerprint density at radius 3 is 3.00 bits per heavy atom. The van der Waals surface area contributed by atoms with Crippen LogP contribution in [0.3, 0.4) is 0 Å². The summed E-state index contributed by atoms with van der Waals surface area (Å²) in [6, 6.07) is 6.16. The van der Waals surface area contributed by atoms with Gasteiger partial charge in [0.15, 0.2) is 0 Å². The molecule has 0 aliphatic carbocycles. The Hall–Kier alpha value is -1.32. The van der Waals surface area contributed by atoms with Crippen molar-refractivity contribution in [2.45, 2.75) is 19.9 Å². The lowest BCUT2D eigenvalue weighted by atomic mass is 10.1. The number of benzene rings is 1. The number of aromatic amines is 1. The van der Waals surface area contributed by atoms with Crippen LogP contribution in [0.5, 0.6) is 0 Å². The molecule has 3 nitrogen and oxygen atoms in total. The second kappa shape index (κ2) is 5.84. The third-order valence-corrected chi connectivity index (χ3v) is 3.07. The van der Waals surface area contributed by atoms with E-state index in [0.717, 1.165) is 35.9 Å². The fourth-order valence-corrected chi connectivity index (χ4v) is 1.82. The summed E-state index contributed by atoms with van der Waals surface area (Å²) in [4.78, 5) is 7.25. The molecule has 2 rings (SSSR count). The van der Waals surface area contributed by atoms with Crippen molar-refractivity contribution in [3.8, 4) is 0 Å². The molecule has 0 spiro atoms. The first kappa shape index (κ1) is 12.1. The summed E-state index contributed by atoms with van der Waals surface area (Å²) in [6.07, 6.45) is 4.52. The van der Waals surface area contributed by atoms with Crippen molar-refractivity contribution >= 4 is 11.6 Å². The van der Waals surface area contributed by atoms with E-state index in [1.165, 1.54) is 5.56 Å². The third kappa shape index (κ3) is 3.58. The van der Waals surface area contributed by atoms with Crippen LogP contribution in [0.1, 0.15) is 17.0 Å². The number of nitrogens with zero attached hydrogens (tertiary/aromatic N) is 1. The van der Waals surface area contributed by atoms with Crippen LogP contribution in [0.25, 0.3) is 0 Å². The van der Waals surface area contributed by atoms with Gasteiger partial charge in [0.2, 0.25) is 0 Å². The molecular formula is C13H16ClN3. The van der Waals surface area contributed by atoms with E-state index in [1.54, 1.807) is 6.20 Å². The van der Waals surface area contributed by atoms with Crippen molar-refractivity contribution in [3.63, 3.8) is 0 Å². The zero-order valence-electron chi connectivity index (χ0n) is 9.83. The second-order valence-electron chi connectivity index (χ2n) is 4.05. The van der Waals surface area contributed by atoms with Gasteiger partial charge in [0, 0.05) is 36.9 Å². The van der Waals surface area contributed by atoms with Gasteiger partial charge in [0.25, 0.3) is 0 Å². The second-order valence-corrected chi connectivity index (χ2v) is 4.45. The normalized spacial score (nSPS) is 10.7. The molecule has 0 fully saturated rings. The van der Waals surface area contributed by atoms with Gasteiger partial charge in [-0.15, -0.1) is 0 Å². The largest absolute Gasteiger partial charge is 0.349 e. The van der Waals surface area contributed by atoms with Crippen molar-refractivity contribution in [1.82, 2.24) is 15.3 Å². The van der Waals surface area contributed by atoms with Gasteiger partial charge in [0.05, 0.1) is 0 Å². The Balaban J connectivity index is 1.76. The molecule has 1 aromatic carbocycles. The number of nitrogens with one attached hydrogen (secondary N) is 2. The van der Waals surface area contributed by atoms with Crippen LogP contribution in [0, 0.1) is 6.92 Å². The van der Waals surface area contributed by atoms with E-state index >= 15 is 0 Å². The molecule has 0 bridgehead atoms. The van der Waals surface area contributed by atoms with E-state index < -0.39 is 0 Å². The van der Waals surface area contributed by atoms with Gasteiger partial charge in [-0.3, -0.25) is 0 Å². The summed E-state index contributed by atoms with van der Waals surface area (Å²) < 4.78 is 0. The number of hydrogen-bond donors (Lipinski definition) is 2. The van der Waals surface area contributed by atoms with Crippen LogP contribution >= 0.6 is 11.6 Å². The molecule has 1 heterocycles. The molecule has 4 heteroatoms. The molecule has 0 amide bonds. The van der Waals surface area contributed by atoms with Gasteiger partial charge in [-0.1, -0.05) is 23.7 Å². The Morgan fingerprint density at radius 2 is 2.29 bits per heavy atom. The van der Waals surface area contributed by atoms with E-state index in [9.17, 15) is 0 Å². The van der Waals surface area contributed by atoms with Crippen LogP contribution in [0.15, 0.2) is 30.6 Å². The van der Waals surface area contributed by atoms with Gasteiger partial charge in [0.1, 0.15) is 5.82 Å². The average molecular weight is 250 g/mol. The van der Waals surface area contributed by atoms with Crippen LogP contribution in [-0.2, 0) is 13.0 Å². The zero-order chi connectivity index (χ0) is 12.1. The molecule has 1 aromatic heterocycles. The van der Waals surface area contributed by atoms with Crippen LogP contribution in [-0.4, -0.2) is 16.5 Å². The minimum absolute atomic E-state index is 0.829. The molecule has 0 saturated heterocycles. The number of hydrogen-bond acceptors (Lipinski definition) is 2. The van der Waals surface area contributed by atoms with Crippen molar-refractivity contribution in [1.29, 1.82) is 0 Å². The minimum atomic E-state index is 0.829. The molecule has 0 unspecified atom stereocenters. The summed E-state index contributed by atoms with van der Waals surface area (Å²) >= 11 is 6.07. The highest BCUT2D eigenvalue weighted by atomic mass is 35.5.